The van der Waals surface area contributed by atoms with Crippen molar-refractivity contribution < 1.29 is 0 Å². The highest BCUT2D eigenvalue weighted by Crippen LogP contribution is 2.72. The van der Waals surface area contributed by atoms with E-state index in [1.165, 1.54) is 51.5 Å². The van der Waals surface area contributed by atoms with E-state index in [-0.39, 0.29) is 0 Å². The van der Waals surface area contributed by atoms with Crippen LogP contribution in [0.3, 0.4) is 0 Å². The van der Waals surface area contributed by atoms with Crippen LogP contribution in [0.15, 0.2) is 0 Å². The number of nitrogens with zero attached hydrogens (tertiary/aromatic N) is 1. The van der Waals surface area contributed by atoms with Crippen LogP contribution in [0.4, 0.5) is 0 Å². The number of hydrogen-bond donors (Lipinski definition) is 0. The number of hydrogen-bond acceptors (Lipinski definition) is 1. The van der Waals surface area contributed by atoms with E-state index < -0.39 is 0 Å². The van der Waals surface area contributed by atoms with Gasteiger partial charge in [-0.05, 0) is 68.7 Å². The highest BCUT2D eigenvalue weighted by atomic mass is 15.3. The average molecular weight is 247 g/mol. The summed E-state index contributed by atoms with van der Waals surface area (Å²) < 4.78 is 0. The fraction of sp³-hybridized carbons (Fsp3) is 1.00. The Labute approximate surface area is 112 Å². The smallest absolute Gasteiger partial charge is 0.0247 e. The van der Waals surface area contributed by atoms with Crippen molar-refractivity contribution in [3.63, 3.8) is 0 Å². The fourth-order valence-electron chi connectivity index (χ4n) is 6.24. The van der Waals surface area contributed by atoms with Crippen LogP contribution in [0.25, 0.3) is 0 Å². The van der Waals surface area contributed by atoms with E-state index in [2.05, 4.69) is 25.7 Å². The Morgan fingerprint density at radius 1 is 1.06 bits per heavy atom. The molecule has 2 aliphatic heterocycles. The van der Waals surface area contributed by atoms with Crippen LogP contribution in [-0.4, -0.2) is 23.0 Å². The van der Waals surface area contributed by atoms with Crippen LogP contribution in [0.2, 0.25) is 0 Å². The van der Waals surface area contributed by atoms with Gasteiger partial charge in [-0.1, -0.05) is 26.7 Å². The standard InChI is InChI=1S/C17H29N/c1-12-7-8-13-14(10-12)16(2)11-17(16,3)18-9-5-4-6-15(13)18/h12-15H,4-11H2,1-3H3/t12?,13-,14?,15?,16?,17?/m0/s1. The van der Waals surface area contributed by atoms with Gasteiger partial charge in [-0.15, -0.1) is 0 Å². The van der Waals surface area contributed by atoms with E-state index in [4.69, 9.17) is 0 Å². The minimum Gasteiger partial charge on any atom is -0.294 e. The molecule has 2 aliphatic carbocycles. The van der Waals surface area contributed by atoms with Gasteiger partial charge in [0.05, 0.1) is 0 Å². The lowest BCUT2D eigenvalue weighted by molar-refractivity contribution is -0.0745. The van der Waals surface area contributed by atoms with Crippen molar-refractivity contribution in [2.75, 3.05) is 6.54 Å². The van der Waals surface area contributed by atoms with Gasteiger partial charge in [-0.25, -0.2) is 0 Å². The molecule has 1 heteroatoms. The van der Waals surface area contributed by atoms with Gasteiger partial charge >= 0.3 is 0 Å². The summed E-state index contributed by atoms with van der Waals surface area (Å²) in [7, 11) is 0. The number of rotatable bonds is 0. The monoisotopic (exact) mass is 247 g/mol. The summed E-state index contributed by atoms with van der Waals surface area (Å²) >= 11 is 0. The van der Waals surface area contributed by atoms with E-state index in [1.54, 1.807) is 0 Å². The summed E-state index contributed by atoms with van der Waals surface area (Å²) in [6.45, 7) is 9.09. The fourth-order valence-corrected chi connectivity index (χ4v) is 6.24. The van der Waals surface area contributed by atoms with Crippen molar-refractivity contribution in [2.24, 2.45) is 23.2 Å². The molecule has 2 heterocycles. The molecule has 18 heavy (non-hydrogen) atoms. The molecule has 1 nitrogen and oxygen atoms in total. The first-order valence-electron chi connectivity index (χ1n) is 8.33. The molecule has 0 aromatic rings. The summed E-state index contributed by atoms with van der Waals surface area (Å²) in [4.78, 5) is 2.97. The maximum absolute atomic E-state index is 2.97. The third-order valence-electron chi connectivity index (χ3n) is 7.48. The second-order valence-electron chi connectivity index (χ2n) is 8.31. The second kappa shape index (κ2) is 3.53. The van der Waals surface area contributed by atoms with E-state index in [1.807, 2.05) is 0 Å². The molecule has 0 radical (unpaired) electrons. The van der Waals surface area contributed by atoms with Crippen LogP contribution in [0, 0.1) is 23.2 Å². The van der Waals surface area contributed by atoms with Crippen LogP contribution >= 0.6 is 0 Å². The van der Waals surface area contributed by atoms with Gasteiger partial charge in [0.1, 0.15) is 0 Å². The normalized spacial score (nSPS) is 59.5. The zero-order valence-electron chi connectivity index (χ0n) is 12.4. The van der Waals surface area contributed by atoms with Gasteiger partial charge in [-0.3, -0.25) is 4.90 Å². The Morgan fingerprint density at radius 3 is 2.72 bits per heavy atom. The molecule has 5 unspecified atom stereocenters. The van der Waals surface area contributed by atoms with Gasteiger partial charge in [0, 0.05) is 11.6 Å². The Hall–Kier alpha value is -0.0400. The van der Waals surface area contributed by atoms with Crippen molar-refractivity contribution in [3.05, 3.63) is 0 Å². The first kappa shape index (κ1) is 11.8. The lowest BCUT2D eigenvalue weighted by Crippen LogP contribution is -2.60. The quantitative estimate of drug-likeness (QED) is 0.623. The van der Waals surface area contributed by atoms with Gasteiger partial charge in [0.25, 0.3) is 0 Å². The van der Waals surface area contributed by atoms with Crippen LogP contribution in [-0.2, 0) is 0 Å². The number of fused-ring (bicyclic) bond motifs is 6. The molecular formula is C17H29N. The Kier molecular flexibility index (Phi) is 2.31. The molecule has 0 aromatic heterocycles. The molecule has 2 saturated carbocycles. The molecule has 102 valence electrons. The molecule has 0 spiro atoms. The molecule has 6 atom stereocenters. The molecule has 4 fully saturated rings. The molecule has 4 aliphatic rings. The summed E-state index contributed by atoms with van der Waals surface area (Å²) in [6, 6.07) is 0.955. The van der Waals surface area contributed by atoms with E-state index in [9.17, 15) is 0 Å². The van der Waals surface area contributed by atoms with Crippen LogP contribution < -0.4 is 0 Å². The molecule has 0 aromatic carbocycles. The first-order chi connectivity index (χ1) is 8.56. The minimum atomic E-state index is 0.580. The molecule has 0 bridgehead atoms. The Balaban J connectivity index is 1.70. The van der Waals surface area contributed by atoms with E-state index in [0.717, 1.165) is 23.8 Å². The summed E-state index contributed by atoms with van der Waals surface area (Å²) in [5, 5.41) is 0. The molecule has 4 rings (SSSR count). The largest absolute Gasteiger partial charge is 0.294 e. The number of piperidine rings is 2. The van der Waals surface area contributed by atoms with Crippen molar-refractivity contribution in [3.8, 4) is 0 Å². The van der Waals surface area contributed by atoms with Crippen molar-refractivity contribution in [1.29, 1.82) is 0 Å². The maximum Gasteiger partial charge on any atom is 0.0247 e. The molecular weight excluding hydrogens is 218 g/mol. The zero-order chi connectivity index (χ0) is 12.5. The predicted molar refractivity (Wildman–Crippen MR) is 75.5 cm³/mol. The third-order valence-corrected chi connectivity index (χ3v) is 7.48. The zero-order valence-corrected chi connectivity index (χ0v) is 12.4. The third kappa shape index (κ3) is 1.27. The van der Waals surface area contributed by atoms with E-state index >= 15 is 0 Å². The van der Waals surface area contributed by atoms with Crippen LogP contribution in [0.5, 0.6) is 0 Å². The van der Waals surface area contributed by atoms with E-state index in [0.29, 0.717) is 11.0 Å². The first-order valence-corrected chi connectivity index (χ1v) is 8.33. The Morgan fingerprint density at radius 2 is 1.89 bits per heavy atom. The van der Waals surface area contributed by atoms with Gasteiger partial charge in [-0.2, -0.15) is 0 Å². The minimum absolute atomic E-state index is 0.580. The second-order valence-corrected chi connectivity index (χ2v) is 8.31. The SMILES string of the molecule is CC1CC[C@@H]2C3CCCCN3C3(C)CC3(C)C2C1. The van der Waals surface area contributed by atoms with Gasteiger partial charge in [0.2, 0.25) is 0 Å². The molecule has 0 amide bonds. The summed E-state index contributed by atoms with van der Waals surface area (Å²) in [6.07, 6.45) is 10.5. The topological polar surface area (TPSA) is 3.24 Å². The average Bonchev–Trinajstić information content (AvgIpc) is 2.95. The predicted octanol–water partition coefficient (Wildman–Crippen LogP) is 4.08. The highest BCUT2D eigenvalue weighted by molar-refractivity contribution is 5.26. The van der Waals surface area contributed by atoms with Gasteiger partial charge in [0.15, 0.2) is 0 Å². The summed E-state index contributed by atoms with van der Waals surface area (Å²) in [5.41, 5.74) is 1.25. The lowest BCUT2D eigenvalue weighted by atomic mass is 9.60. The summed E-state index contributed by atoms with van der Waals surface area (Å²) in [5.74, 6) is 3.08. The molecule has 2 saturated heterocycles. The Bertz CT molecular complexity index is 365. The molecule has 0 N–H and O–H groups in total. The van der Waals surface area contributed by atoms with Crippen molar-refractivity contribution in [2.45, 2.75) is 77.3 Å². The maximum atomic E-state index is 2.97. The van der Waals surface area contributed by atoms with Crippen molar-refractivity contribution >= 4 is 0 Å². The van der Waals surface area contributed by atoms with Crippen LogP contribution in [0.1, 0.15) is 65.7 Å². The van der Waals surface area contributed by atoms with Crippen molar-refractivity contribution in [1.82, 2.24) is 4.90 Å². The lowest BCUT2D eigenvalue weighted by Gasteiger charge is -2.56. The van der Waals surface area contributed by atoms with Gasteiger partial charge < -0.3 is 0 Å². The highest BCUT2D eigenvalue weighted by Gasteiger charge is 2.73.